The fourth-order valence-corrected chi connectivity index (χ4v) is 3.15. The van der Waals surface area contributed by atoms with E-state index >= 15 is 0 Å². The molecule has 1 aromatic rings. The van der Waals surface area contributed by atoms with Crippen LogP contribution in [0.2, 0.25) is 0 Å². The lowest BCUT2D eigenvalue weighted by Crippen LogP contribution is -2.35. The molecule has 1 unspecified atom stereocenters. The van der Waals surface area contributed by atoms with E-state index in [-0.39, 0.29) is 0 Å². The summed E-state index contributed by atoms with van der Waals surface area (Å²) in [6.07, 6.45) is 0.544. The van der Waals surface area contributed by atoms with Crippen molar-refractivity contribution in [1.82, 2.24) is 9.62 Å². The van der Waals surface area contributed by atoms with E-state index in [1.165, 1.54) is 0 Å². The van der Waals surface area contributed by atoms with Crippen LogP contribution in [0.4, 0.5) is 8.78 Å². The number of nitrogens with zero attached hydrogens (tertiary/aromatic N) is 1. The highest BCUT2D eigenvalue weighted by atomic mass is 32.2. The summed E-state index contributed by atoms with van der Waals surface area (Å²) in [5.74, 6) is -2.24. The summed E-state index contributed by atoms with van der Waals surface area (Å²) in [6, 6.07) is 1.28. The van der Waals surface area contributed by atoms with Crippen LogP contribution in [0, 0.1) is 11.6 Å². The standard InChI is InChI=1S/C13H20F2N2O3S/c1-9(6-7-17(2)3)16-21(19,20)12-5-4-11(14)10(8-18)13(12)15/h4-5,9,16,18H,6-8H2,1-3H3. The first-order valence-corrected chi connectivity index (χ1v) is 7.92. The van der Waals surface area contributed by atoms with E-state index in [4.69, 9.17) is 5.11 Å². The molecule has 0 amide bonds. The highest BCUT2D eigenvalue weighted by Gasteiger charge is 2.24. The molecule has 0 fully saturated rings. The lowest BCUT2D eigenvalue weighted by Gasteiger charge is -2.17. The molecular weight excluding hydrogens is 302 g/mol. The van der Waals surface area contributed by atoms with Crippen LogP contribution in [0.25, 0.3) is 0 Å². The maximum absolute atomic E-state index is 14.0. The zero-order chi connectivity index (χ0) is 16.2. The summed E-state index contributed by atoms with van der Waals surface area (Å²) >= 11 is 0. The molecule has 8 heteroatoms. The molecule has 0 aliphatic heterocycles. The lowest BCUT2D eigenvalue weighted by molar-refractivity contribution is 0.267. The van der Waals surface area contributed by atoms with Gasteiger partial charge in [-0.15, -0.1) is 0 Å². The lowest BCUT2D eigenvalue weighted by atomic mass is 10.2. The molecule has 0 saturated heterocycles. The predicted octanol–water partition coefficient (Wildman–Crippen LogP) is 1.08. The Balaban J connectivity index is 2.98. The summed E-state index contributed by atoms with van der Waals surface area (Å²) in [4.78, 5) is 1.23. The zero-order valence-corrected chi connectivity index (χ0v) is 13.0. The average molecular weight is 322 g/mol. The summed E-state index contributed by atoms with van der Waals surface area (Å²) in [5.41, 5.74) is -0.654. The van der Waals surface area contributed by atoms with Crippen molar-refractivity contribution in [3.63, 3.8) is 0 Å². The Kier molecular flexibility index (Phi) is 6.21. The Morgan fingerprint density at radius 3 is 2.48 bits per heavy atom. The van der Waals surface area contributed by atoms with E-state index in [0.29, 0.717) is 13.0 Å². The minimum absolute atomic E-state index is 0.403. The van der Waals surface area contributed by atoms with Crippen molar-refractivity contribution >= 4 is 10.0 Å². The van der Waals surface area contributed by atoms with E-state index in [9.17, 15) is 17.2 Å². The number of sulfonamides is 1. The Hall–Kier alpha value is -1.09. The third kappa shape index (κ3) is 4.70. The Morgan fingerprint density at radius 1 is 1.33 bits per heavy atom. The molecule has 1 rings (SSSR count). The topological polar surface area (TPSA) is 69.6 Å². The quantitative estimate of drug-likeness (QED) is 0.788. The molecule has 0 bridgehead atoms. The van der Waals surface area contributed by atoms with Gasteiger partial charge in [0.2, 0.25) is 10.0 Å². The van der Waals surface area contributed by atoms with E-state index in [1.54, 1.807) is 6.92 Å². The first-order chi connectivity index (χ1) is 9.69. The fourth-order valence-electron chi connectivity index (χ4n) is 1.77. The van der Waals surface area contributed by atoms with Crippen LogP contribution in [0.15, 0.2) is 17.0 Å². The molecule has 1 aromatic carbocycles. The summed E-state index contributed by atoms with van der Waals surface area (Å²) in [5, 5.41) is 8.92. The van der Waals surface area contributed by atoms with Crippen LogP contribution in [-0.4, -0.2) is 45.1 Å². The molecule has 21 heavy (non-hydrogen) atoms. The normalized spacial score (nSPS) is 13.7. The van der Waals surface area contributed by atoms with Gasteiger partial charge in [-0.25, -0.2) is 21.9 Å². The van der Waals surface area contributed by atoms with Crippen LogP contribution < -0.4 is 4.72 Å². The highest BCUT2D eigenvalue weighted by Crippen LogP contribution is 2.21. The second kappa shape index (κ2) is 7.26. The van der Waals surface area contributed by atoms with Crippen LogP contribution in [-0.2, 0) is 16.6 Å². The van der Waals surface area contributed by atoms with Crippen LogP contribution in [0.5, 0.6) is 0 Å². The minimum Gasteiger partial charge on any atom is -0.391 e. The van der Waals surface area contributed by atoms with Gasteiger partial charge in [0, 0.05) is 6.04 Å². The molecule has 120 valence electrons. The van der Waals surface area contributed by atoms with Crippen molar-refractivity contribution in [1.29, 1.82) is 0 Å². The number of halogens is 2. The van der Waals surface area contributed by atoms with Gasteiger partial charge in [0.1, 0.15) is 10.7 Å². The van der Waals surface area contributed by atoms with Gasteiger partial charge in [-0.05, 0) is 46.1 Å². The third-order valence-electron chi connectivity index (χ3n) is 2.96. The molecule has 0 radical (unpaired) electrons. The number of aliphatic hydroxyl groups excluding tert-OH is 1. The molecule has 0 aliphatic carbocycles. The second-order valence-corrected chi connectivity index (χ2v) is 6.79. The first-order valence-electron chi connectivity index (χ1n) is 6.43. The number of benzene rings is 1. The number of aliphatic hydroxyl groups is 1. The smallest absolute Gasteiger partial charge is 0.243 e. The summed E-state index contributed by atoms with van der Waals surface area (Å²) in [7, 11) is -0.398. The van der Waals surface area contributed by atoms with Crippen molar-refractivity contribution in [3.8, 4) is 0 Å². The summed E-state index contributed by atoms with van der Waals surface area (Å²) < 4.78 is 53.8. The predicted molar refractivity (Wildman–Crippen MR) is 75.2 cm³/mol. The molecule has 5 nitrogen and oxygen atoms in total. The maximum Gasteiger partial charge on any atom is 0.243 e. The van der Waals surface area contributed by atoms with E-state index in [1.807, 2.05) is 19.0 Å². The number of nitrogens with one attached hydrogen (secondary N) is 1. The van der Waals surface area contributed by atoms with Gasteiger partial charge in [0.05, 0.1) is 12.2 Å². The SMILES string of the molecule is CC(CCN(C)C)NS(=O)(=O)c1ccc(F)c(CO)c1F. The molecule has 0 heterocycles. The molecule has 0 aromatic heterocycles. The Morgan fingerprint density at radius 2 is 1.95 bits per heavy atom. The van der Waals surface area contributed by atoms with Gasteiger partial charge in [0.25, 0.3) is 0 Å². The van der Waals surface area contributed by atoms with Crippen molar-refractivity contribution in [3.05, 3.63) is 29.3 Å². The zero-order valence-electron chi connectivity index (χ0n) is 12.2. The fraction of sp³-hybridized carbons (Fsp3) is 0.538. The van der Waals surface area contributed by atoms with Crippen molar-refractivity contribution in [2.24, 2.45) is 0 Å². The van der Waals surface area contributed by atoms with Crippen molar-refractivity contribution < 1.29 is 22.3 Å². The second-order valence-electron chi connectivity index (χ2n) is 5.11. The Labute approximate surface area is 123 Å². The molecule has 0 saturated carbocycles. The van der Waals surface area contributed by atoms with Gasteiger partial charge < -0.3 is 10.0 Å². The van der Waals surface area contributed by atoms with Crippen LogP contribution >= 0.6 is 0 Å². The first kappa shape index (κ1) is 18.0. The van der Waals surface area contributed by atoms with Gasteiger partial charge in [-0.3, -0.25) is 0 Å². The van der Waals surface area contributed by atoms with Gasteiger partial charge in [0.15, 0.2) is 5.82 Å². The molecule has 2 N–H and O–H groups in total. The Bertz CT molecular complexity index is 591. The third-order valence-corrected chi connectivity index (χ3v) is 4.57. The minimum atomic E-state index is -4.11. The van der Waals surface area contributed by atoms with E-state index in [2.05, 4.69) is 4.72 Å². The van der Waals surface area contributed by atoms with Crippen molar-refractivity contribution in [2.45, 2.75) is 30.9 Å². The van der Waals surface area contributed by atoms with E-state index in [0.717, 1.165) is 12.1 Å². The molecule has 1 atom stereocenters. The van der Waals surface area contributed by atoms with Crippen molar-refractivity contribution in [2.75, 3.05) is 20.6 Å². The van der Waals surface area contributed by atoms with Crippen LogP contribution in [0.3, 0.4) is 0 Å². The highest BCUT2D eigenvalue weighted by molar-refractivity contribution is 7.89. The largest absolute Gasteiger partial charge is 0.391 e. The van der Waals surface area contributed by atoms with Crippen LogP contribution in [0.1, 0.15) is 18.9 Å². The summed E-state index contributed by atoms with van der Waals surface area (Å²) in [6.45, 7) is 1.42. The molecule has 0 spiro atoms. The van der Waals surface area contributed by atoms with Gasteiger partial charge in [-0.2, -0.15) is 0 Å². The monoisotopic (exact) mass is 322 g/mol. The average Bonchev–Trinajstić information content (AvgIpc) is 2.36. The number of rotatable bonds is 7. The maximum atomic E-state index is 14.0. The number of hydrogen-bond acceptors (Lipinski definition) is 4. The van der Waals surface area contributed by atoms with Gasteiger partial charge >= 0.3 is 0 Å². The molecule has 0 aliphatic rings. The molecular formula is C13H20F2N2O3S. The number of hydrogen-bond donors (Lipinski definition) is 2. The van der Waals surface area contributed by atoms with Gasteiger partial charge in [-0.1, -0.05) is 0 Å². The van der Waals surface area contributed by atoms with E-state index < -0.39 is 44.8 Å².